The first-order chi connectivity index (χ1) is 4.86. The van der Waals surface area contributed by atoms with E-state index in [1.165, 1.54) is 0 Å². The number of anilines is 1. The summed E-state index contributed by atoms with van der Waals surface area (Å²) in [5, 5.41) is 4.10. The topological polar surface area (TPSA) is 55.9 Å². The van der Waals surface area contributed by atoms with Crippen molar-refractivity contribution >= 4 is 5.82 Å². The Kier molecular flexibility index (Phi) is 2.28. The lowest BCUT2D eigenvalue weighted by molar-refractivity contribution is 0.604. The van der Waals surface area contributed by atoms with E-state index in [4.69, 9.17) is 5.84 Å². The maximum atomic E-state index is 5.13. The normalized spacial score (nSPS) is 9.80. The molecule has 0 aliphatic rings. The van der Waals surface area contributed by atoms with E-state index in [1.807, 2.05) is 16.9 Å². The van der Waals surface area contributed by atoms with Gasteiger partial charge >= 0.3 is 0 Å². The SMILES string of the molecule is CCCn1ccc(NN)n1. The predicted molar refractivity (Wildman–Crippen MR) is 40.3 cm³/mol. The van der Waals surface area contributed by atoms with E-state index in [2.05, 4.69) is 17.4 Å². The molecule has 10 heavy (non-hydrogen) atoms. The zero-order valence-electron chi connectivity index (χ0n) is 6.04. The number of hydrogen-bond donors (Lipinski definition) is 2. The third-order valence-corrected chi connectivity index (χ3v) is 1.24. The molecule has 0 spiro atoms. The number of nitrogen functional groups attached to an aromatic ring is 1. The smallest absolute Gasteiger partial charge is 0.161 e. The fourth-order valence-electron chi connectivity index (χ4n) is 0.792. The monoisotopic (exact) mass is 140 g/mol. The van der Waals surface area contributed by atoms with Gasteiger partial charge in [0.2, 0.25) is 0 Å². The number of hydrazine groups is 1. The molecule has 1 aromatic heterocycles. The number of aryl methyl sites for hydroxylation is 1. The summed E-state index contributed by atoms with van der Waals surface area (Å²) in [6, 6.07) is 1.84. The molecule has 0 saturated carbocycles. The van der Waals surface area contributed by atoms with Crippen molar-refractivity contribution in [1.29, 1.82) is 0 Å². The van der Waals surface area contributed by atoms with Crippen LogP contribution in [0.1, 0.15) is 13.3 Å². The Morgan fingerprint density at radius 1 is 1.80 bits per heavy atom. The molecule has 3 N–H and O–H groups in total. The van der Waals surface area contributed by atoms with Crippen LogP contribution in [0.15, 0.2) is 12.3 Å². The Hall–Kier alpha value is -1.03. The molecule has 1 rings (SSSR count). The van der Waals surface area contributed by atoms with Gasteiger partial charge in [0, 0.05) is 18.8 Å². The van der Waals surface area contributed by atoms with Gasteiger partial charge < -0.3 is 5.43 Å². The Labute approximate surface area is 60.0 Å². The van der Waals surface area contributed by atoms with Crippen molar-refractivity contribution in [3.8, 4) is 0 Å². The first-order valence-corrected chi connectivity index (χ1v) is 3.37. The van der Waals surface area contributed by atoms with E-state index >= 15 is 0 Å². The second-order valence-corrected chi connectivity index (χ2v) is 2.11. The van der Waals surface area contributed by atoms with Gasteiger partial charge in [0.1, 0.15) is 0 Å². The Morgan fingerprint density at radius 2 is 2.60 bits per heavy atom. The average molecular weight is 140 g/mol. The van der Waals surface area contributed by atoms with Crippen LogP contribution in [-0.4, -0.2) is 9.78 Å². The van der Waals surface area contributed by atoms with E-state index in [-0.39, 0.29) is 0 Å². The third-order valence-electron chi connectivity index (χ3n) is 1.24. The molecule has 0 aliphatic carbocycles. The average Bonchev–Trinajstić information content (AvgIpc) is 2.37. The van der Waals surface area contributed by atoms with Crippen LogP contribution in [0.2, 0.25) is 0 Å². The minimum atomic E-state index is 0.716. The van der Waals surface area contributed by atoms with Gasteiger partial charge in [0.05, 0.1) is 0 Å². The van der Waals surface area contributed by atoms with Crippen LogP contribution in [0.25, 0.3) is 0 Å². The van der Waals surface area contributed by atoms with Crippen molar-refractivity contribution in [3.63, 3.8) is 0 Å². The quantitative estimate of drug-likeness (QED) is 0.477. The van der Waals surface area contributed by atoms with Gasteiger partial charge in [-0.15, -0.1) is 0 Å². The summed E-state index contributed by atoms with van der Waals surface area (Å²) in [6.07, 6.45) is 2.99. The van der Waals surface area contributed by atoms with E-state index in [1.54, 1.807) is 0 Å². The van der Waals surface area contributed by atoms with E-state index < -0.39 is 0 Å². The maximum Gasteiger partial charge on any atom is 0.161 e. The van der Waals surface area contributed by atoms with Crippen molar-refractivity contribution in [2.75, 3.05) is 5.43 Å². The lowest BCUT2D eigenvalue weighted by Crippen LogP contribution is -2.08. The Morgan fingerprint density at radius 3 is 3.10 bits per heavy atom. The highest BCUT2D eigenvalue weighted by molar-refractivity contribution is 5.29. The van der Waals surface area contributed by atoms with Crippen LogP contribution in [-0.2, 0) is 6.54 Å². The zero-order chi connectivity index (χ0) is 7.40. The van der Waals surface area contributed by atoms with Gasteiger partial charge in [-0.1, -0.05) is 6.92 Å². The third kappa shape index (κ3) is 1.48. The molecule has 0 fully saturated rings. The minimum Gasteiger partial charge on any atom is -0.307 e. The number of hydrogen-bond acceptors (Lipinski definition) is 3. The van der Waals surface area contributed by atoms with E-state index in [9.17, 15) is 0 Å². The van der Waals surface area contributed by atoms with Gasteiger partial charge in [0.15, 0.2) is 5.82 Å². The summed E-state index contributed by atoms with van der Waals surface area (Å²) in [6.45, 7) is 3.05. The predicted octanol–water partition coefficient (Wildman–Crippen LogP) is 0.579. The molecule has 4 heteroatoms. The Balaban J connectivity index is 2.59. The van der Waals surface area contributed by atoms with Crippen molar-refractivity contribution in [2.45, 2.75) is 19.9 Å². The molecule has 4 nitrogen and oxygen atoms in total. The summed E-state index contributed by atoms with van der Waals surface area (Å²) >= 11 is 0. The van der Waals surface area contributed by atoms with Crippen molar-refractivity contribution in [1.82, 2.24) is 9.78 Å². The second-order valence-electron chi connectivity index (χ2n) is 2.11. The Bertz CT molecular complexity index is 193. The fraction of sp³-hybridized carbons (Fsp3) is 0.500. The fourth-order valence-corrected chi connectivity index (χ4v) is 0.792. The summed E-state index contributed by atoms with van der Waals surface area (Å²) in [5.41, 5.74) is 2.47. The standard InChI is InChI=1S/C6H12N4/c1-2-4-10-5-3-6(8-7)9-10/h3,5H,2,4,7H2,1H3,(H,8,9). The van der Waals surface area contributed by atoms with Crippen LogP contribution >= 0.6 is 0 Å². The molecule has 0 unspecified atom stereocenters. The maximum absolute atomic E-state index is 5.13. The van der Waals surface area contributed by atoms with Crippen LogP contribution in [0.4, 0.5) is 5.82 Å². The molecule has 0 aromatic carbocycles. The van der Waals surface area contributed by atoms with Crippen LogP contribution in [0.3, 0.4) is 0 Å². The minimum absolute atomic E-state index is 0.716. The van der Waals surface area contributed by atoms with Crippen molar-refractivity contribution < 1.29 is 0 Å². The van der Waals surface area contributed by atoms with Gasteiger partial charge in [-0.2, -0.15) is 5.10 Å². The number of nitrogens with two attached hydrogens (primary N) is 1. The molecule has 0 aliphatic heterocycles. The molecule has 56 valence electrons. The van der Waals surface area contributed by atoms with Gasteiger partial charge in [-0.3, -0.25) is 4.68 Å². The summed E-state index contributed by atoms with van der Waals surface area (Å²) in [7, 11) is 0. The molecular formula is C6H12N4. The van der Waals surface area contributed by atoms with Gasteiger partial charge in [-0.25, -0.2) is 5.84 Å². The summed E-state index contributed by atoms with van der Waals surface area (Å²) < 4.78 is 1.86. The first-order valence-electron chi connectivity index (χ1n) is 3.37. The van der Waals surface area contributed by atoms with E-state index in [0.717, 1.165) is 13.0 Å². The largest absolute Gasteiger partial charge is 0.307 e. The first kappa shape index (κ1) is 7.08. The summed E-state index contributed by atoms with van der Waals surface area (Å²) in [4.78, 5) is 0. The van der Waals surface area contributed by atoms with Gasteiger partial charge in [0.25, 0.3) is 0 Å². The number of nitrogens with one attached hydrogen (secondary N) is 1. The highest BCUT2D eigenvalue weighted by atomic mass is 15.4. The van der Waals surface area contributed by atoms with Crippen LogP contribution in [0.5, 0.6) is 0 Å². The second kappa shape index (κ2) is 3.22. The van der Waals surface area contributed by atoms with Crippen LogP contribution in [0, 0.1) is 0 Å². The number of rotatable bonds is 3. The molecule has 0 bridgehead atoms. The van der Waals surface area contributed by atoms with Crippen molar-refractivity contribution in [3.05, 3.63) is 12.3 Å². The molecule has 1 heterocycles. The van der Waals surface area contributed by atoms with Crippen LogP contribution < -0.4 is 11.3 Å². The lowest BCUT2D eigenvalue weighted by Gasteiger charge is -1.95. The zero-order valence-corrected chi connectivity index (χ0v) is 6.04. The molecule has 0 saturated heterocycles. The number of nitrogens with zero attached hydrogens (tertiary/aromatic N) is 2. The van der Waals surface area contributed by atoms with E-state index in [0.29, 0.717) is 5.82 Å². The van der Waals surface area contributed by atoms with Crippen molar-refractivity contribution in [2.24, 2.45) is 5.84 Å². The molecule has 0 radical (unpaired) electrons. The molecule has 0 atom stereocenters. The highest BCUT2D eigenvalue weighted by Gasteiger charge is 1.92. The molecular weight excluding hydrogens is 128 g/mol. The van der Waals surface area contributed by atoms with Gasteiger partial charge in [-0.05, 0) is 6.42 Å². The molecule has 0 amide bonds. The summed E-state index contributed by atoms with van der Waals surface area (Å²) in [5.74, 6) is 5.85. The number of aromatic nitrogens is 2. The lowest BCUT2D eigenvalue weighted by atomic mass is 10.5. The molecule has 1 aromatic rings. The highest BCUT2D eigenvalue weighted by Crippen LogP contribution is 1.99.